The predicted molar refractivity (Wildman–Crippen MR) is 118 cm³/mol. The van der Waals surface area contributed by atoms with E-state index in [1.165, 1.54) is 0 Å². The van der Waals surface area contributed by atoms with Gasteiger partial charge >= 0.3 is 5.97 Å². The van der Waals surface area contributed by atoms with Gasteiger partial charge in [-0.1, -0.05) is 60.7 Å². The average molecular weight is 442 g/mol. The van der Waals surface area contributed by atoms with Crippen molar-refractivity contribution in [3.8, 4) is 16.9 Å². The topological polar surface area (TPSA) is 151 Å². The third-order valence-corrected chi connectivity index (χ3v) is 3.99. The van der Waals surface area contributed by atoms with Gasteiger partial charge in [0.1, 0.15) is 18.2 Å². The molecule has 0 radical (unpaired) electrons. The number of ether oxygens (including phenoxy) is 1. The van der Waals surface area contributed by atoms with E-state index >= 15 is 0 Å². The first-order chi connectivity index (χ1) is 14.6. The van der Waals surface area contributed by atoms with Crippen LogP contribution in [0.1, 0.15) is 21.5 Å². The van der Waals surface area contributed by atoms with Gasteiger partial charge in [-0.15, -0.1) is 0 Å². The summed E-state index contributed by atoms with van der Waals surface area (Å²) in [4.78, 5) is 11.5. The molecular weight excluding hydrogens is 420 g/mol. The molecule has 0 bridgehead atoms. The molecule has 0 spiro atoms. The third kappa shape index (κ3) is 7.57. The van der Waals surface area contributed by atoms with Crippen molar-refractivity contribution in [2.24, 2.45) is 5.73 Å². The number of carbonyl (C=O) groups is 1. The summed E-state index contributed by atoms with van der Waals surface area (Å²) in [7, 11) is -3.67. The summed E-state index contributed by atoms with van der Waals surface area (Å²) in [5.41, 5.74) is 8.61. The number of para-hydroxylation sites is 1. The van der Waals surface area contributed by atoms with Crippen molar-refractivity contribution in [3.05, 3.63) is 89.5 Å². The lowest BCUT2D eigenvalue weighted by molar-refractivity contribution is 0.0697. The van der Waals surface area contributed by atoms with Gasteiger partial charge in [0.05, 0.1) is 11.8 Å². The zero-order valence-electron chi connectivity index (χ0n) is 16.6. The highest BCUT2D eigenvalue weighted by Crippen LogP contribution is 2.32. The lowest BCUT2D eigenvalue weighted by Gasteiger charge is -2.13. The molecule has 0 aliphatic carbocycles. The summed E-state index contributed by atoms with van der Waals surface area (Å²) < 4.78 is 31.8. The highest BCUT2D eigenvalue weighted by molar-refractivity contribution is 7.85. The molecule has 0 unspecified atom stereocenters. The second-order valence-electron chi connectivity index (χ2n) is 6.48. The molecule has 0 heterocycles. The molecular formula is C22H22N2O6S. The lowest BCUT2D eigenvalue weighted by Crippen LogP contribution is -2.10. The van der Waals surface area contributed by atoms with Crippen molar-refractivity contribution < 1.29 is 27.6 Å². The Morgan fingerprint density at radius 1 is 0.968 bits per heavy atom. The Morgan fingerprint density at radius 2 is 1.48 bits per heavy atom. The zero-order valence-corrected chi connectivity index (χ0v) is 17.5. The van der Waals surface area contributed by atoms with Gasteiger partial charge in [-0.05, 0) is 23.3 Å². The summed E-state index contributed by atoms with van der Waals surface area (Å²) >= 11 is 0. The van der Waals surface area contributed by atoms with E-state index in [4.69, 9.17) is 20.4 Å². The van der Waals surface area contributed by atoms with Crippen molar-refractivity contribution in [2.45, 2.75) is 6.61 Å². The van der Waals surface area contributed by atoms with E-state index in [-0.39, 0.29) is 11.4 Å². The fraction of sp³-hybridized carbons (Fsp3) is 0.0909. The Bertz CT molecular complexity index is 1170. The summed E-state index contributed by atoms with van der Waals surface area (Å²) in [5.74, 6) is -0.347. The van der Waals surface area contributed by atoms with Crippen LogP contribution in [0.3, 0.4) is 0 Å². The van der Waals surface area contributed by atoms with Crippen molar-refractivity contribution >= 4 is 21.9 Å². The standard InChI is InChI=1S/C21H18N2O3.CH4O3S/c22-20(23)15-11-9-14(10-12-15)13-26-19-8-4-3-6-17(19)16-5-1-2-7-18(16)21(24)25;1-5(2,3)4/h1-12H,13H2,(H3,22,23)(H,24,25);1H3,(H,2,3,4). The Labute approximate surface area is 180 Å². The van der Waals surface area contributed by atoms with E-state index in [1.807, 2.05) is 36.4 Å². The molecule has 0 aliphatic rings. The second-order valence-corrected chi connectivity index (χ2v) is 7.95. The van der Waals surface area contributed by atoms with Gasteiger partial charge in [0, 0.05) is 11.1 Å². The first-order valence-electron chi connectivity index (χ1n) is 8.96. The number of hydrogen-bond donors (Lipinski definition) is 4. The van der Waals surface area contributed by atoms with Crippen molar-refractivity contribution in [1.29, 1.82) is 5.41 Å². The molecule has 3 rings (SSSR count). The monoisotopic (exact) mass is 442 g/mol. The van der Waals surface area contributed by atoms with Crippen LogP contribution in [0.15, 0.2) is 72.8 Å². The Morgan fingerprint density at radius 3 is 2.03 bits per heavy atom. The number of benzene rings is 3. The Hall–Kier alpha value is -3.69. The van der Waals surface area contributed by atoms with Crippen LogP contribution in [0, 0.1) is 5.41 Å². The molecule has 9 heteroatoms. The molecule has 5 N–H and O–H groups in total. The molecule has 3 aromatic rings. The molecule has 8 nitrogen and oxygen atoms in total. The number of carboxylic acids is 1. The molecule has 31 heavy (non-hydrogen) atoms. The molecule has 0 fully saturated rings. The van der Waals surface area contributed by atoms with Crippen molar-refractivity contribution in [2.75, 3.05) is 6.26 Å². The maximum Gasteiger partial charge on any atom is 0.336 e. The van der Waals surface area contributed by atoms with Crippen LogP contribution in [-0.2, 0) is 16.7 Å². The summed E-state index contributed by atoms with van der Waals surface area (Å²) in [6, 6.07) is 21.5. The smallest absolute Gasteiger partial charge is 0.336 e. The van der Waals surface area contributed by atoms with Gasteiger partial charge < -0.3 is 15.6 Å². The highest BCUT2D eigenvalue weighted by atomic mass is 32.2. The maximum atomic E-state index is 11.5. The van der Waals surface area contributed by atoms with Crippen molar-refractivity contribution in [3.63, 3.8) is 0 Å². The molecule has 3 aromatic carbocycles. The van der Waals surface area contributed by atoms with Gasteiger partial charge in [0.25, 0.3) is 10.1 Å². The number of nitrogens with two attached hydrogens (primary N) is 1. The molecule has 0 atom stereocenters. The van der Waals surface area contributed by atoms with E-state index in [2.05, 4.69) is 0 Å². The maximum absolute atomic E-state index is 11.5. The van der Waals surface area contributed by atoms with E-state index < -0.39 is 16.1 Å². The van der Waals surface area contributed by atoms with Gasteiger partial charge in [0.2, 0.25) is 0 Å². The van der Waals surface area contributed by atoms with Gasteiger partial charge in [-0.3, -0.25) is 9.96 Å². The van der Waals surface area contributed by atoms with Crippen LogP contribution < -0.4 is 10.5 Å². The minimum absolute atomic E-state index is 0.0214. The first kappa shape index (κ1) is 23.6. The number of nitrogens with one attached hydrogen (secondary N) is 1. The Balaban J connectivity index is 0.000000614. The first-order valence-corrected chi connectivity index (χ1v) is 10.8. The minimum atomic E-state index is -3.67. The van der Waals surface area contributed by atoms with Crippen LogP contribution in [0.5, 0.6) is 5.75 Å². The summed E-state index contributed by atoms with van der Waals surface area (Å²) in [5, 5.41) is 16.8. The number of aromatic carboxylic acids is 1. The third-order valence-electron chi connectivity index (χ3n) is 3.99. The molecule has 0 saturated carbocycles. The number of rotatable bonds is 6. The highest BCUT2D eigenvalue weighted by Gasteiger charge is 2.14. The van der Waals surface area contributed by atoms with Crippen LogP contribution in [0.2, 0.25) is 0 Å². The normalized spacial score (nSPS) is 10.5. The average Bonchev–Trinajstić information content (AvgIpc) is 2.71. The van der Waals surface area contributed by atoms with Crippen molar-refractivity contribution in [1.82, 2.24) is 0 Å². The molecule has 0 aromatic heterocycles. The SMILES string of the molecule is CS(=O)(=O)O.N=C(N)c1ccc(COc2ccccc2-c2ccccc2C(=O)O)cc1. The largest absolute Gasteiger partial charge is 0.488 e. The fourth-order valence-electron chi connectivity index (χ4n) is 2.66. The van der Waals surface area contributed by atoms with Gasteiger partial charge in [-0.2, -0.15) is 8.42 Å². The molecule has 0 amide bonds. The number of carboxylic acid groups (broad SMARTS) is 1. The number of amidine groups is 1. The zero-order chi connectivity index (χ0) is 23.0. The van der Waals surface area contributed by atoms with Crippen LogP contribution >= 0.6 is 0 Å². The fourth-order valence-corrected chi connectivity index (χ4v) is 2.66. The van der Waals surface area contributed by atoms with Gasteiger partial charge in [-0.25, -0.2) is 4.79 Å². The summed E-state index contributed by atoms with van der Waals surface area (Å²) in [6.07, 6.45) is 0.715. The van der Waals surface area contributed by atoms with E-state index in [0.29, 0.717) is 29.7 Å². The predicted octanol–water partition coefficient (Wildman–Crippen LogP) is 3.42. The quantitative estimate of drug-likeness (QED) is 0.259. The molecule has 0 saturated heterocycles. The van der Waals surface area contributed by atoms with E-state index in [0.717, 1.165) is 11.1 Å². The van der Waals surface area contributed by atoms with E-state index in [9.17, 15) is 18.3 Å². The molecule has 162 valence electrons. The van der Waals surface area contributed by atoms with Crippen LogP contribution in [0.25, 0.3) is 11.1 Å². The van der Waals surface area contributed by atoms with E-state index in [1.54, 1.807) is 36.4 Å². The van der Waals surface area contributed by atoms with Crippen LogP contribution in [-0.4, -0.2) is 36.1 Å². The number of hydrogen-bond acceptors (Lipinski definition) is 5. The van der Waals surface area contributed by atoms with Crippen LogP contribution in [0.4, 0.5) is 0 Å². The second kappa shape index (κ2) is 10.4. The summed E-state index contributed by atoms with van der Waals surface area (Å²) in [6.45, 7) is 0.324. The number of nitrogen functional groups attached to an aromatic ring is 1. The lowest BCUT2D eigenvalue weighted by atomic mass is 9.99. The minimum Gasteiger partial charge on any atom is -0.488 e. The van der Waals surface area contributed by atoms with Gasteiger partial charge in [0.15, 0.2) is 0 Å². The Kier molecular flexibility index (Phi) is 7.89. The molecule has 0 aliphatic heterocycles.